The molecule has 1 saturated heterocycles. The average Bonchev–Trinajstić information content (AvgIpc) is 2.88. The first-order valence-electron chi connectivity index (χ1n) is 11.1. The fourth-order valence-corrected chi connectivity index (χ4v) is 3.83. The highest BCUT2D eigenvalue weighted by molar-refractivity contribution is 5.95. The Labute approximate surface area is 201 Å². The number of nitrogens with zero attached hydrogens (tertiary/aromatic N) is 2. The van der Waals surface area contributed by atoms with Crippen molar-refractivity contribution in [3.8, 4) is 11.5 Å². The van der Waals surface area contributed by atoms with Crippen molar-refractivity contribution >= 4 is 23.2 Å². The van der Waals surface area contributed by atoms with Gasteiger partial charge in [-0.15, -0.1) is 0 Å². The molecule has 3 aromatic carbocycles. The number of hydrogen-bond acceptors (Lipinski definition) is 5. The lowest BCUT2D eigenvalue weighted by Crippen LogP contribution is -2.49. The normalized spacial score (nSPS) is 13.3. The summed E-state index contributed by atoms with van der Waals surface area (Å²) in [7, 11) is 1.45. The standard InChI is InChI=1S/C26H25F2N3O4/c1-34-24-16-18(6-11-23(24)35-17-25(32)29-20-9-7-19(27)8-10-20)26(33)31-14-12-30(13-15-31)22-5-3-2-4-21(22)28/h2-11,16H,12-15,17H2,1H3,(H,29,32). The Kier molecular flexibility index (Phi) is 7.45. The second kappa shape index (κ2) is 10.9. The van der Waals surface area contributed by atoms with Gasteiger partial charge in [0.1, 0.15) is 11.6 Å². The van der Waals surface area contributed by atoms with Crippen molar-refractivity contribution < 1.29 is 27.8 Å². The highest BCUT2D eigenvalue weighted by Crippen LogP contribution is 2.29. The van der Waals surface area contributed by atoms with Crippen LogP contribution in [0.15, 0.2) is 66.7 Å². The van der Waals surface area contributed by atoms with E-state index in [9.17, 15) is 18.4 Å². The third-order valence-corrected chi connectivity index (χ3v) is 5.66. The Bertz CT molecular complexity index is 1200. The lowest BCUT2D eigenvalue weighted by atomic mass is 10.1. The topological polar surface area (TPSA) is 71.1 Å². The minimum Gasteiger partial charge on any atom is -0.493 e. The van der Waals surface area contributed by atoms with Gasteiger partial charge >= 0.3 is 0 Å². The number of ether oxygens (including phenoxy) is 2. The van der Waals surface area contributed by atoms with Crippen LogP contribution >= 0.6 is 0 Å². The molecule has 0 bridgehead atoms. The van der Waals surface area contributed by atoms with E-state index < -0.39 is 11.7 Å². The Morgan fingerprint density at radius 1 is 0.914 bits per heavy atom. The molecule has 0 aliphatic carbocycles. The molecule has 4 rings (SSSR count). The van der Waals surface area contributed by atoms with E-state index in [0.29, 0.717) is 54.6 Å². The first-order valence-corrected chi connectivity index (χ1v) is 11.1. The summed E-state index contributed by atoms with van der Waals surface area (Å²) in [6.45, 7) is 1.66. The molecule has 0 saturated carbocycles. The summed E-state index contributed by atoms with van der Waals surface area (Å²) in [5.74, 6) is -0.647. The fraction of sp³-hybridized carbons (Fsp3) is 0.231. The first-order chi connectivity index (χ1) is 16.9. The zero-order chi connectivity index (χ0) is 24.8. The van der Waals surface area contributed by atoms with Crippen molar-refractivity contribution in [2.75, 3.05) is 50.1 Å². The minimum absolute atomic E-state index is 0.169. The van der Waals surface area contributed by atoms with Gasteiger partial charge in [-0.3, -0.25) is 9.59 Å². The average molecular weight is 481 g/mol. The van der Waals surface area contributed by atoms with E-state index in [4.69, 9.17) is 9.47 Å². The molecule has 0 atom stereocenters. The van der Waals surface area contributed by atoms with Gasteiger partial charge in [-0.1, -0.05) is 12.1 Å². The number of carbonyl (C=O) groups is 2. The SMILES string of the molecule is COc1cc(C(=O)N2CCN(c3ccccc3F)CC2)ccc1OCC(=O)Nc1ccc(F)cc1. The number of hydrogen-bond donors (Lipinski definition) is 1. The van der Waals surface area contributed by atoms with E-state index in [1.807, 2.05) is 4.90 Å². The van der Waals surface area contributed by atoms with E-state index in [1.54, 1.807) is 41.3 Å². The number of para-hydroxylation sites is 1. The number of benzene rings is 3. The maximum Gasteiger partial charge on any atom is 0.262 e. The van der Waals surface area contributed by atoms with E-state index >= 15 is 0 Å². The maximum atomic E-state index is 14.1. The number of methoxy groups -OCH3 is 1. The lowest BCUT2D eigenvalue weighted by Gasteiger charge is -2.36. The molecule has 35 heavy (non-hydrogen) atoms. The lowest BCUT2D eigenvalue weighted by molar-refractivity contribution is -0.118. The first kappa shape index (κ1) is 24.0. The van der Waals surface area contributed by atoms with Crippen molar-refractivity contribution in [2.45, 2.75) is 0 Å². The number of anilines is 2. The number of piperazine rings is 1. The monoisotopic (exact) mass is 481 g/mol. The molecule has 2 amide bonds. The van der Waals surface area contributed by atoms with Crippen LogP contribution in [-0.2, 0) is 4.79 Å². The van der Waals surface area contributed by atoms with Crippen LogP contribution in [0.2, 0.25) is 0 Å². The summed E-state index contributed by atoms with van der Waals surface area (Å²) in [4.78, 5) is 28.8. The van der Waals surface area contributed by atoms with Crippen LogP contribution in [0, 0.1) is 11.6 Å². The molecule has 0 radical (unpaired) electrons. The zero-order valence-corrected chi connectivity index (χ0v) is 19.2. The van der Waals surface area contributed by atoms with Crippen molar-refractivity contribution in [3.63, 3.8) is 0 Å². The summed E-state index contributed by atoms with van der Waals surface area (Å²) >= 11 is 0. The number of halogens is 2. The Morgan fingerprint density at radius 3 is 2.31 bits per heavy atom. The van der Waals surface area contributed by atoms with Crippen LogP contribution in [0.4, 0.5) is 20.2 Å². The number of nitrogens with one attached hydrogen (secondary N) is 1. The smallest absolute Gasteiger partial charge is 0.262 e. The van der Waals surface area contributed by atoms with Crippen LogP contribution in [-0.4, -0.2) is 56.6 Å². The highest BCUT2D eigenvalue weighted by Gasteiger charge is 2.24. The van der Waals surface area contributed by atoms with Gasteiger partial charge in [0, 0.05) is 37.4 Å². The quantitative estimate of drug-likeness (QED) is 0.553. The third-order valence-electron chi connectivity index (χ3n) is 5.66. The van der Waals surface area contributed by atoms with Gasteiger partial charge in [-0.25, -0.2) is 8.78 Å². The second-order valence-corrected chi connectivity index (χ2v) is 7.94. The molecule has 0 unspecified atom stereocenters. The van der Waals surface area contributed by atoms with Gasteiger partial charge in [0.2, 0.25) is 0 Å². The molecule has 1 heterocycles. The second-order valence-electron chi connectivity index (χ2n) is 7.94. The summed E-state index contributed by atoms with van der Waals surface area (Å²) in [6.07, 6.45) is 0. The number of carbonyl (C=O) groups excluding carboxylic acids is 2. The van der Waals surface area contributed by atoms with Crippen LogP contribution in [0.1, 0.15) is 10.4 Å². The van der Waals surface area contributed by atoms with Gasteiger partial charge in [-0.05, 0) is 54.6 Å². The van der Waals surface area contributed by atoms with Gasteiger partial charge in [0.05, 0.1) is 12.8 Å². The molecule has 1 N–H and O–H groups in total. The predicted octanol–water partition coefficient (Wildman–Crippen LogP) is 3.95. The molecule has 1 aliphatic rings. The minimum atomic E-state index is -0.425. The largest absolute Gasteiger partial charge is 0.493 e. The molecule has 1 aliphatic heterocycles. The van der Waals surface area contributed by atoms with E-state index in [2.05, 4.69) is 5.32 Å². The van der Waals surface area contributed by atoms with Crippen molar-refractivity contribution in [1.82, 2.24) is 4.90 Å². The molecular formula is C26H25F2N3O4. The molecule has 0 aromatic heterocycles. The number of amides is 2. The Hall–Kier alpha value is -4.14. The van der Waals surface area contributed by atoms with Crippen molar-refractivity contribution in [2.24, 2.45) is 0 Å². The van der Waals surface area contributed by atoms with Gasteiger partial charge in [-0.2, -0.15) is 0 Å². The fourth-order valence-electron chi connectivity index (χ4n) is 3.83. The van der Waals surface area contributed by atoms with Crippen molar-refractivity contribution in [1.29, 1.82) is 0 Å². The Morgan fingerprint density at radius 2 is 1.63 bits per heavy atom. The molecule has 9 heteroatoms. The van der Waals surface area contributed by atoms with E-state index in [1.165, 1.54) is 37.4 Å². The van der Waals surface area contributed by atoms with Crippen LogP contribution in [0.3, 0.4) is 0 Å². The summed E-state index contributed by atoms with van der Waals surface area (Å²) < 4.78 is 38.0. The van der Waals surface area contributed by atoms with Gasteiger partial charge < -0.3 is 24.6 Å². The summed E-state index contributed by atoms with van der Waals surface area (Å²) in [5, 5.41) is 2.61. The molecular weight excluding hydrogens is 456 g/mol. The van der Waals surface area contributed by atoms with Gasteiger partial charge in [0.25, 0.3) is 11.8 Å². The Balaban J connectivity index is 1.34. The van der Waals surface area contributed by atoms with E-state index in [0.717, 1.165) is 0 Å². The number of rotatable bonds is 7. The predicted molar refractivity (Wildman–Crippen MR) is 128 cm³/mol. The van der Waals surface area contributed by atoms with E-state index in [-0.39, 0.29) is 18.3 Å². The molecule has 0 spiro atoms. The molecule has 3 aromatic rings. The summed E-state index contributed by atoms with van der Waals surface area (Å²) in [5.41, 5.74) is 1.40. The maximum absolute atomic E-state index is 14.1. The molecule has 7 nitrogen and oxygen atoms in total. The summed E-state index contributed by atoms with van der Waals surface area (Å²) in [6, 6.07) is 16.7. The zero-order valence-electron chi connectivity index (χ0n) is 19.2. The molecule has 1 fully saturated rings. The highest BCUT2D eigenvalue weighted by atomic mass is 19.1. The van der Waals surface area contributed by atoms with Crippen LogP contribution < -0.4 is 19.7 Å². The molecule has 182 valence electrons. The van der Waals surface area contributed by atoms with Gasteiger partial charge in [0.15, 0.2) is 18.1 Å². The third kappa shape index (κ3) is 5.87. The van der Waals surface area contributed by atoms with Crippen molar-refractivity contribution in [3.05, 3.63) is 83.9 Å². The van der Waals surface area contributed by atoms with Crippen LogP contribution in [0.5, 0.6) is 11.5 Å². The van der Waals surface area contributed by atoms with Crippen LogP contribution in [0.25, 0.3) is 0 Å².